The van der Waals surface area contributed by atoms with Crippen LogP contribution in [0.1, 0.15) is 35.9 Å². The molecule has 1 unspecified atom stereocenters. The molecule has 1 aliphatic heterocycles. The van der Waals surface area contributed by atoms with Gasteiger partial charge >= 0.3 is 11.9 Å². The molecule has 0 radical (unpaired) electrons. The number of nitrogens with zero attached hydrogens (tertiary/aromatic N) is 1. The molecule has 0 aliphatic carbocycles. The summed E-state index contributed by atoms with van der Waals surface area (Å²) in [4.78, 5) is 25.4. The van der Waals surface area contributed by atoms with Crippen molar-refractivity contribution in [1.29, 1.82) is 0 Å². The molecule has 1 saturated heterocycles. The highest BCUT2D eigenvalue weighted by Crippen LogP contribution is 2.23. The molecular weight excluding hydrogens is 262 g/mol. The van der Waals surface area contributed by atoms with Crippen molar-refractivity contribution < 1.29 is 23.5 Å². The summed E-state index contributed by atoms with van der Waals surface area (Å²) in [6.07, 6.45) is 3.15. The Labute approximate surface area is 117 Å². The van der Waals surface area contributed by atoms with Gasteiger partial charge in [0.25, 0.3) is 0 Å². The summed E-state index contributed by atoms with van der Waals surface area (Å²) in [6, 6.07) is 1.33. The standard InChI is InChI=1S/C14H19NO5/c1-3-19-13(16)10-6-8-20-12(10)9-15-7-4-5-11(15)14(17)18-2/h6,8,11H,3-5,7,9H2,1-2H3. The van der Waals surface area contributed by atoms with Crippen LogP contribution < -0.4 is 0 Å². The molecule has 0 N–H and O–H groups in total. The number of carbonyl (C=O) groups excluding carboxylic acids is 2. The van der Waals surface area contributed by atoms with E-state index in [0.717, 1.165) is 19.4 Å². The van der Waals surface area contributed by atoms with Gasteiger partial charge in [0.2, 0.25) is 0 Å². The normalized spacial score (nSPS) is 19.0. The van der Waals surface area contributed by atoms with E-state index < -0.39 is 5.97 Å². The van der Waals surface area contributed by atoms with Crippen LogP contribution in [0.3, 0.4) is 0 Å². The first-order valence-corrected chi connectivity index (χ1v) is 6.72. The highest BCUT2D eigenvalue weighted by Gasteiger charge is 2.33. The predicted molar refractivity (Wildman–Crippen MR) is 70.1 cm³/mol. The SMILES string of the molecule is CCOC(=O)c1ccoc1CN1CCCC1C(=O)OC. The lowest BCUT2D eigenvalue weighted by Crippen LogP contribution is -2.36. The molecule has 6 nitrogen and oxygen atoms in total. The zero-order valence-electron chi connectivity index (χ0n) is 11.8. The third-order valence-electron chi connectivity index (χ3n) is 3.42. The van der Waals surface area contributed by atoms with E-state index in [2.05, 4.69) is 0 Å². The van der Waals surface area contributed by atoms with Crippen LogP contribution >= 0.6 is 0 Å². The first-order chi connectivity index (χ1) is 9.67. The van der Waals surface area contributed by atoms with E-state index >= 15 is 0 Å². The van der Waals surface area contributed by atoms with Crippen molar-refractivity contribution in [2.45, 2.75) is 32.4 Å². The van der Waals surface area contributed by atoms with Crippen LogP contribution in [0.4, 0.5) is 0 Å². The summed E-state index contributed by atoms with van der Waals surface area (Å²) in [5, 5.41) is 0. The lowest BCUT2D eigenvalue weighted by atomic mass is 10.2. The summed E-state index contributed by atoms with van der Waals surface area (Å²) < 4.78 is 15.1. The molecule has 2 heterocycles. The topological polar surface area (TPSA) is 69.0 Å². The molecule has 0 aromatic carbocycles. The monoisotopic (exact) mass is 281 g/mol. The van der Waals surface area contributed by atoms with Gasteiger partial charge in [0.1, 0.15) is 17.4 Å². The average Bonchev–Trinajstić information content (AvgIpc) is 3.08. The number of carbonyl (C=O) groups is 2. The molecule has 1 fully saturated rings. The van der Waals surface area contributed by atoms with Crippen LogP contribution in [0.15, 0.2) is 16.7 Å². The van der Waals surface area contributed by atoms with Gasteiger partial charge in [-0.05, 0) is 32.4 Å². The summed E-state index contributed by atoms with van der Waals surface area (Å²) >= 11 is 0. The average molecular weight is 281 g/mol. The number of furan rings is 1. The molecule has 1 aliphatic rings. The van der Waals surface area contributed by atoms with Crippen LogP contribution in [0.25, 0.3) is 0 Å². The minimum Gasteiger partial charge on any atom is -0.468 e. The Morgan fingerprint density at radius 1 is 1.50 bits per heavy atom. The molecule has 0 bridgehead atoms. The lowest BCUT2D eigenvalue weighted by Gasteiger charge is -2.21. The Bertz CT molecular complexity index is 482. The smallest absolute Gasteiger partial charge is 0.341 e. The number of methoxy groups -OCH3 is 1. The van der Waals surface area contributed by atoms with Gasteiger partial charge in [-0.2, -0.15) is 0 Å². The van der Waals surface area contributed by atoms with Gasteiger partial charge in [-0.1, -0.05) is 0 Å². The minimum absolute atomic E-state index is 0.244. The molecule has 1 aromatic heterocycles. The number of likely N-dealkylation sites (tertiary alicyclic amines) is 1. The molecule has 6 heteroatoms. The summed E-state index contributed by atoms with van der Waals surface area (Å²) in [7, 11) is 1.38. The van der Waals surface area contributed by atoms with Crippen molar-refractivity contribution in [2.75, 3.05) is 20.3 Å². The Morgan fingerprint density at radius 2 is 2.30 bits per heavy atom. The fourth-order valence-electron chi connectivity index (χ4n) is 2.46. The molecule has 1 aromatic rings. The third-order valence-corrected chi connectivity index (χ3v) is 3.42. The second-order valence-electron chi connectivity index (χ2n) is 4.63. The second-order valence-corrected chi connectivity index (χ2v) is 4.63. The Hall–Kier alpha value is -1.82. The summed E-state index contributed by atoms with van der Waals surface area (Å²) in [6.45, 7) is 3.26. The van der Waals surface area contributed by atoms with Gasteiger partial charge in [-0.15, -0.1) is 0 Å². The van der Waals surface area contributed by atoms with Crippen molar-refractivity contribution in [3.05, 3.63) is 23.7 Å². The van der Waals surface area contributed by atoms with Crippen LogP contribution in [0.2, 0.25) is 0 Å². The molecule has 20 heavy (non-hydrogen) atoms. The summed E-state index contributed by atoms with van der Waals surface area (Å²) in [5.41, 5.74) is 0.419. The summed E-state index contributed by atoms with van der Waals surface area (Å²) in [5.74, 6) is -0.115. The zero-order valence-corrected chi connectivity index (χ0v) is 11.8. The molecular formula is C14H19NO5. The largest absolute Gasteiger partial charge is 0.468 e. The van der Waals surface area contributed by atoms with Gasteiger partial charge in [-0.3, -0.25) is 9.69 Å². The van der Waals surface area contributed by atoms with Crippen LogP contribution in [-0.2, 0) is 20.8 Å². The van der Waals surface area contributed by atoms with E-state index in [0.29, 0.717) is 24.5 Å². The Balaban J connectivity index is 2.08. The molecule has 1 atom stereocenters. The highest BCUT2D eigenvalue weighted by atomic mass is 16.5. The molecule has 110 valence electrons. The Kier molecular flexibility index (Phi) is 4.79. The maximum Gasteiger partial charge on any atom is 0.341 e. The molecule has 0 spiro atoms. The van der Waals surface area contributed by atoms with Gasteiger partial charge < -0.3 is 13.9 Å². The van der Waals surface area contributed by atoms with E-state index in [1.165, 1.54) is 13.4 Å². The van der Waals surface area contributed by atoms with Gasteiger partial charge in [0.15, 0.2) is 0 Å². The maximum absolute atomic E-state index is 11.8. The Morgan fingerprint density at radius 3 is 3.00 bits per heavy atom. The molecule has 0 saturated carbocycles. The van der Waals surface area contributed by atoms with Gasteiger partial charge in [0.05, 0.1) is 26.5 Å². The van der Waals surface area contributed by atoms with Crippen LogP contribution in [-0.4, -0.2) is 43.1 Å². The van der Waals surface area contributed by atoms with E-state index in [1.807, 2.05) is 4.90 Å². The van der Waals surface area contributed by atoms with Crippen molar-refractivity contribution >= 4 is 11.9 Å². The highest BCUT2D eigenvalue weighted by molar-refractivity contribution is 5.90. The van der Waals surface area contributed by atoms with E-state index in [1.54, 1.807) is 13.0 Å². The molecule has 0 amide bonds. The van der Waals surface area contributed by atoms with Crippen molar-refractivity contribution in [2.24, 2.45) is 0 Å². The van der Waals surface area contributed by atoms with Crippen molar-refractivity contribution in [1.82, 2.24) is 4.90 Å². The number of ether oxygens (including phenoxy) is 2. The number of esters is 2. The number of rotatable bonds is 5. The van der Waals surface area contributed by atoms with E-state index in [4.69, 9.17) is 13.9 Å². The molecule has 2 rings (SSSR count). The quantitative estimate of drug-likeness (QED) is 0.763. The van der Waals surface area contributed by atoms with Gasteiger partial charge in [0, 0.05) is 0 Å². The first-order valence-electron chi connectivity index (χ1n) is 6.72. The lowest BCUT2D eigenvalue weighted by molar-refractivity contribution is -0.146. The van der Waals surface area contributed by atoms with E-state index in [-0.39, 0.29) is 12.0 Å². The fraction of sp³-hybridized carbons (Fsp3) is 0.571. The predicted octanol–water partition coefficient (Wildman–Crippen LogP) is 1.59. The first kappa shape index (κ1) is 14.6. The van der Waals surface area contributed by atoms with Gasteiger partial charge in [-0.25, -0.2) is 4.79 Å². The number of hydrogen-bond acceptors (Lipinski definition) is 6. The third kappa shape index (κ3) is 3.01. The maximum atomic E-state index is 11.8. The van der Waals surface area contributed by atoms with Crippen LogP contribution in [0.5, 0.6) is 0 Å². The zero-order chi connectivity index (χ0) is 14.5. The van der Waals surface area contributed by atoms with Crippen molar-refractivity contribution in [3.63, 3.8) is 0 Å². The van der Waals surface area contributed by atoms with Crippen LogP contribution in [0, 0.1) is 0 Å². The minimum atomic E-state index is -0.398. The number of hydrogen-bond donors (Lipinski definition) is 0. The fourth-order valence-corrected chi connectivity index (χ4v) is 2.46. The second kappa shape index (κ2) is 6.56. The van der Waals surface area contributed by atoms with E-state index in [9.17, 15) is 9.59 Å². The van der Waals surface area contributed by atoms with Crippen molar-refractivity contribution in [3.8, 4) is 0 Å².